The second kappa shape index (κ2) is 7.19. The van der Waals surface area contributed by atoms with Crippen molar-refractivity contribution < 1.29 is 9.53 Å². The van der Waals surface area contributed by atoms with E-state index in [1.165, 1.54) is 0 Å². The summed E-state index contributed by atoms with van der Waals surface area (Å²) in [5.74, 6) is 0.629. The van der Waals surface area contributed by atoms with Crippen molar-refractivity contribution in [3.05, 3.63) is 42.7 Å². The van der Waals surface area contributed by atoms with E-state index >= 15 is 0 Å². The first-order valence-corrected chi connectivity index (χ1v) is 7.79. The quantitative estimate of drug-likeness (QED) is 0.910. The van der Waals surface area contributed by atoms with E-state index < -0.39 is 0 Å². The first kappa shape index (κ1) is 15.4. The number of urea groups is 1. The highest BCUT2D eigenvalue weighted by Gasteiger charge is 2.23. The first-order valence-electron chi connectivity index (χ1n) is 7.79. The lowest BCUT2D eigenvalue weighted by atomic mass is 10.1. The molecule has 1 aromatic heterocycles. The van der Waals surface area contributed by atoms with Gasteiger partial charge in [-0.1, -0.05) is 30.3 Å². The molecule has 0 saturated carbocycles. The zero-order chi connectivity index (χ0) is 16.1. The van der Waals surface area contributed by atoms with E-state index in [1.54, 1.807) is 12.4 Å². The summed E-state index contributed by atoms with van der Waals surface area (Å²) in [7, 11) is 0. The Morgan fingerprint density at radius 2 is 2.00 bits per heavy atom. The second-order valence-corrected chi connectivity index (χ2v) is 5.60. The predicted molar refractivity (Wildman–Crippen MR) is 88.1 cm³/mol. The van der Waals surface area contributed by atoms with Gasteiger partial charge in [0.2, 0.25) is 0 Å². The Kier molecular flexibility index (Phi) is 4.83. The fourth-order valence-electron chi connectivity index (χ4n) is 2.59. The van der Waals surface area contributed by atoms with Gasteiger partial charge >= 0.3 is 6.03 Å². The maximum absolute atomic E-state index is 12.0. The van der Waals surface area contributed by atoms with Crippen LogP contribution in [0.1, 0.15) is 19.8 Å². The van der Waals surface area contributed by atoms with Crippen molar-refractivity contribution in [2.75, 3.05) is 11.9 Å². The Bertz CT molecular complexity index is 639. The molecule has 0 aliphatic carbocycles. The van der Waals surface area contributed by atoms with E-state index in [0.717, 1.165) is 25.0 Å². The third-order valence-corrected chi connectivity index (χ3v) is 3.82. The van der Waals surface area contributed by atoms with Crippen LogP contribution < -0.4 is 10.6 Å². The topological polar surface area (TPSA) is 76.1 Å². The number of hydrogen-bond acceptors (Lipinski definition) is 4. The lowest BCUT2D eigenvalue weighted by Crippen LogP contribution is -2.43. The zero-order valence-corrected chi connectivity index (χ0v) is 13.0. The number of carbonyl (C=O) groups excluding carboxylic acids is 1. The Balaban J connectivity index is 1.56. The molecular formula is C17H20N4O2. The molecule has 2 unspecified atom stereocenters. The number of anilines is 1. The van der Waals surface area contributed by atoms with Crippen molar-refractivity contribution in [2.24, 2.45) is 0 Å². The molecule has 0 radical (unpaired) electrons. The molecule has 6 nitrogen and oxygen atoms in total. The third-order valence-electron chi connectivity index (χ3n) is 3.82. The van der Waals surface area contributed by atoms with Gasteiger partial charge < -0.3 is 15.4 Å². The van der Waals surface area contributed by atoms with Crippen LogP contribution in [0.15, 0.2) is 42.7 Å². The first-order chi connectivity index (χ1) is 11.2. The summed E-state index contributed by atoms with van der Waals surface area (Å²) >= 11 is 0. The lowest BCUT2D eigenvalue weighted by molar-refractivity contribution is 0.0868. The van der Waals surface area contributed by atoms with Crippen LogP contribution in [0.3, 0.4) is 0 Å². The predicted octanol–water partition coefficient (Wildman–Crippen LogP) is 2.83. The lowest BCUT2D eigenvalue weighted by Gasteiger charge is -2.20. The summed E-state index contributed by atoms with van der Waals surface area (Å²) in [6.45, 7) is 2.72. The minimum absolute atomic E-state index is 0.0259. The highest BCUT2D eigenvalue weighted by atomic mass is 16.5. The minimum atomic E-state index is -0.274. The number of ether oxygens (including phenoxy) is 1. The van der Waals surface area contributed by atoms with Crippen molar-refractivity contribution >= 4 is 11.7 Å². The molecule has 1 aliphatic rings. The summed E-state index contributed by atoms with van der Waals surface area (Å²) in [5.41, 5.74) is 1.50. The van der Waals surface area contributed by atoms with Gasteiger partial charge in [-0.15, -0.1) is 0 Å². The van der Waals surface area contributed by atoms with E-state index in [4.69, 9.17) is 4.74 Å². The largest absolute Gasteiger partial charge is 0.376 e. The summed E-state index contributed by atoms with van der Waals surface area (Å²) in [5, 5.41) is 5.63. The monoisotopic (exact) mass is 312 g/mol. The molecule has 1 fully saturated rings. The van der Waals surface area contributed by atoms with Crippen molar-refractivity contribution in [3.8, 4) is 11.4 Å². The Morgan fingerprint density at radius 1 is 1.26 bits per heavy atom. The van der Waals surface area contributed by atoms with Crippen LogP contribution in [0.25, 0.3) is 11.4 Å². The van der Waals surface area contributed by atoms with Gasteiger partial charge in [0.05, 0.1) is 30.2 Å². The Labute approximate surface area is 135 Å². The Morgan fingerprint density at radius 3 is 2.65 bits per heavy atom. The fraction of sp³-hybridized carbons (Fsp3) is 0.353. The number of benzene rings is 1. The molecule has 1 saturated heterocycles. The standard InChI is InChI=1S/C17H20N4O2/c1-12(15-8-5-9-23-15)20-17(22)21-14-10-18-16(19-11-14)13-6-3-2-4-7-13/h2-4,6-7,10-12,15H,5,8-9H2,1H3,(H2,20,21,22). The molecule has 6 heteroatoms. The second-order valence-electron chi connectivity index (χ2n) is 5.60. The summed E-state index contributed by atoms with van der Waals surface area (Å²) < 4.78 is 5.56. The maximum Gasteiger partial charge on any atom is 0.319 e. The van der Waals surface area contributed by atoms with Gasteiger partial charge in [0, 0.05) is 12.2 Å². The van der Waals surface area contributed by atoms with Crippen LogP contribution in [0, 0.1) is 0 Å². The van der Waals surface area contributed by atoms with Crippen molar-refractivity contribution in [2.45, 2.75) is 31.9 Å². The van der Waals surface area contributed by atoms with Crippen LogP contribution in [0.2, 0.25) is 0 Å². The highest BCUT2D eigenvalue weighted by Crippen LogP contribution is 2.16. The maximum atomic E-state index is 12.0. The van der Waals surface area contributed by atoms with E-state index in [9.17, 15) is 4.79 Å². The number of rotatable bonds is 4. The van der Waals surface area contributed by atoms with E-state index in [2.05, 4.69) is 20.6 Å². The number of nitrogens with one attached hydrogen (secondary N) is 2. The molecule has 2 atom stereocenters. The van der Waals surface area contributed by atoms with Crippen LogP contribution in [0.5, 0.6) is 0 Å². The van der Waals surface area contributed by atoms with Gasteiger partial charge in [0.15, 0.2) is 5.82 Å². The van der Waals surface area contributed by atoms with Gasteiger partial charge in [-0.25, -0.2) is 14.8 Å². The molecule has 0 bridgehead atoms. The average Bonchev–Trinajstić information content (AvgIpc) is 3.11. The van der Waals surface area contributed by atoms with Gasteiger partial charge in [-0.05, 0) is 19.8 Å². The number of nitrogens with zero attached hydrogens (tertiary/aromatic N) is 2. The van der Waals surface area contributed by atoms with E-state index in [1.807, 2.05) is 37.3 Å². The SMILES string of the molecule is CC(NC(=O)Nc1cnc(-c2ccccc2)nc1)C1CCCO1. The molecule has 1 aromatic carbocycles. The van der Waals surface area contributed by atoms with Gasteiger partial charge in [0.1, 0.15) is 0 Å². The molecule has 120 valence electrons. The molecule has 2 heterocycles. The molecule has 0 spiro atoms. The van der Waals surface area contributed by atoms with Gasteiger partial charge in [0.25, 0.3) is 0 Å². The third kappa shape index (κ3) is 4.04. The van der Waals surface area contributed by atoms with Crippen LogP contribution >= 0.6 is 0 Å². The van der Waals surface area contributed by atoms with Crippen molar-refractivity contribution in [1.29, 1.82) is 0 Å². The minimum Gasteiger partial charge on any atom is -0.376 e. The molecule has 1 aliphatic heterocycles. The molecule has 3 rings (SSSR count). The number of aromatic nitrogens is 2. The molecule has 23 heavy (non-hydrogen) atoms. The van der Waals surface area contributed by atoms with Crippen LogP contribution in [-0.2, 0) is 4.74 Å². The Hall–Kier alpha value is -2.47. The molecule has 2 N–H and O–H groups in total. The van der Waals surface area contributed by atoms with Gasteiger partial charge in [-0.3, -0.25) is 0 Å². The fourth-order valence-corrected chi connectivity index (χ4v) is 2.59. The van der Waals surface area contributed by atoms with Crippen LogP contribution in [-0.4, -0.2) is 34.8 Å². The molecule has 2 amide bonds. The number of hydrogen-bond donors (Lipinski definition) is 2. The summed E-state index contributed by atoms with van der Waals surface area (Å²) in [4.78, 5) is 20.6. The number of carbonyl (C=O) groups is 1. The molecular weight excluding hydrogens is 292 g/mol. The van der Waals surface area contributed by atoms with Crippen molar-refractivity contribution in [3.63, 3.8) is 0 Å². The van der Waals surface area contributed by atoms with E-state index in [0.29, 0.717) is 11.5 Å². The molecule has 2 aromatic rings. The highest BCUT2D eigenvalue weighted by molar-refractivity contribution is 5.89. The van der Waals surface area contributed by atoms with E-state index in [-0.39, 0.29) is 18.2 Å². The van der Waals surface area contributed by atoms with Gasteiger partial charge in [-0.2, -0.15) is 0 Å². The number of amides is 2. The summed E-state index contributed by atoms with van der Waals surface area (Å²) in [6, 6.07) is 9.40. The van der Waals surface area contributed by atoms with Crippen LogP contribution in [0.4, 0.5) is 10.5 Å². The zero-order valence-electron chi connectivity index (χ0n) is 13.0. The average molecular weight is 312 g/mol. The summed E-state index contributed by atoms with van der Waals surface area (Å²) in [6.07, 6.45) is 5.33. The normalized spacial score (nSPS) is 18.4. The smallest absolute Gasteiger partial charge is 0.319 e. The van der Waals surface area contributed by atoms with Crippen molar-refractivity contribution in [1.82, 2.24) is 15.3 Å².